The van der Waals surface area contributed by atoms with Crippen molar-refractivity contribution in [2.75, 3.05) is 19.6 Å². The molecule has 1 atom stereocenters. The maximum Gasteiger partial charge on any atom is 0.251 e. The minimum Gasteiger partial charge on any atom is -0.351 e. The summed E-state index contributed by atoms with van der Waals surface area (Å²) in [6, 6.07) is 17.3. The normalized spacial score (nSPS) is 18.7. The van der Waals surface area contributed by atoms with Crippen LogP contribution in [0.1, 0.15) is 21.8 Å². The van der Waals surface area contributed by atoms with Gasteiger partial charge in [0.1, 0.15) is 5.69 Å². The second kappa shape index (κ2) is 7.16. The van der Waals surface area contributed by atoms with Crippen molar-refractivity contribution in [2.45, 2.75) is 12.5 Å². The Hall–Kier alpha value is -3.48. The van der Waals surface area contributed by atoms with E-state index in [0.717, 1.165) is 23.4 Å². The Bertz CT molecular complexity index is 1060. The minimum absolute atomic E-state index is 0.0808. The number of aromatic nitrogens is 3. The van der Waals surface area contributed by atoms with Crippen LogP contribution in [0.5, 0.6) is 0 Å². The first kappa shape index (κ1) is 17.6. The molecule has 5 rings (SSSR count). The third-order valence-electron chi connectivity index (χ3n) is 5.67. The van der Waals surface area contributed by atoms with Gasteiger partial charge in [0.05, 0.1) is 12.1 Å². The van der Waals surface area contributed by atoms with Crippen molar-refractivity contribution in [1.29, 1.82) is 0 Å². The van der Waals surface area contributed by atoms with Crippen LogP contribution < -0.4 is 5.32 Å². The van der Waals surface area contributed by atoms with Gasteiger partial charge in [-0.05, 0) is 11.6 Å². The van der Waals surface area contributed by atoms with Crippen LogP contribution in [0, 0.1) is 5.92 Å². The second-order valence-electron chi connectivity index (χ2n) is 7.65. The lowest BCUT2D eigenvalue weighted by Crippen LogP contribution is -2.54. The molecule has 0 radical (unpaired) electrons. The van der Waals surface area contributed by atoms with E-state index in [0.29, 0.717) is 31.1 Å². The van der Waals surface area contributed by atoms with Crippen molar-refractivity contribution < 1.29 is 9.59 Å². The van der Waals surface area contributed by atoms with Gasteiger partial charge < -0.3 is 10.2 Å². The molecule has 0 bridgehead atoms. The maximum absolute atomic E-state index is 13.0. The quantitative estimate of drug-likeness (QED) is 0.742. The van der Waals surface area contributed by atoms with Gasteiger partial charge in [-0.15, -0.1) is 5.10 Å². The molecule has 1 fully saturated rings. The highest BCUT2D eigenvalue weighted by Gasteiger charge is 2.38. The summed E-state index contributed by atoms with van der Waals surface area (Å²) < 4.78 is 1.85. The molecule has 2 aromatic carbocycles. The molecule has 1 N–H and O–H groups in total. The van der Waals surface area contributed by atoms with Crippen molar-refractivity contribution >= 4 is 11.8 Å². The Labute approximate surface area is 168 Å². The molecule has 0 spiro atoms. The molecule has 1 aromatic heterocycles. The highest BCUT2D eigenvalue weighted by Crippen LogP contribution is 2.29. The second-order valence-corrected chi connectivity index (χ2v) is 7.65. The molecule has 3 heterocycles. The third kappa shape index (κ3) is 3.29. The summed E-state index contributed by atoms with van der Waals surface area (Å²) in [5.41, 5.74) is 3.33. The number of likely N-dealkylation sites (tertiary alicyclic amines) is 1. The van der Waals surface area contributed by atoms with E-state index in [2.05, 4.69) is 15.6 Å². The summed E-state index contributed by atoms with van der Waals surface area (Å²) in [7, 11) is 0. The highest BCUT2D eigenvalue weighted by molar-refractivity contribution is 6.00. The van der Waals surface area contributed by atoms with E-state index in [9.17, 15) is 9.59 Å². The lowest BCUT2D eigenvalue weighted by molar-refractivity contribution is -0.139. The van der Waals surface area contributed by atoms with Crippen LogP contribution in [0.25, 0.3) is 11.3 Å². The van der Waals surface area contributed by atoms with Crippen LogP contribution in [0.4, 0.5) is 0 Å². The fourth-order valence-corrected chi connectivity index (χ4v) is 4.11. The zero-order valence-electron chi connectivity index (χ0n) is 15.9. The number of fused-ring (bicyclic) bond motifs is 1. The monoisotopic (exact) mass is 387 g/mol. The maximum atomic E-state index is 13.0. The largest absolute Gasteiger partial charge is 0.351 e. The number of benzene rings is 2. The average Bonchev–Trinajstić information content (AvgIpc) is 3.20. The van der Waals surface area contributed by atoms with E-state index in [4.69, 9.17) is 0 Å². The molecule has 3 aromatic rings. The molecule has 0 aliphatic carbocycles. The number of hydrogen-bond donors (Lipinski definition) is 1. The average molecular weight is 387 g/mol. The standard InChI is InChI=1S/C22H21N5O2/c28-21-18-9-5-4-8-17(18)19(10-23-21)22(29)26-11-15(12-26)13-27-14-20(24-25-27)16-6-2-1-3-7-16/h1-9,14-15,19H,10-13H2,(H,23,28). The van der Waals surface area contributed by atoms with Gasteiger partial charge in [-0.2, -0.15) is 0 Å². The van der Waals surface area contributed by atoms with E-state index in [1.54, 1.807) is 6.07 Å². The van der Waals surface area contributed by atoms with Crippen molar-refractivity contribution in [2.24, 2.45) is 5.92 Å². The third-order valence-corrected chi connectivity index (χ3v) is 5.67. The van der Waals surface area contributed by atoms with Gasteiger partial charge in [-0.1, -0.05) is 53.7 Å². The summed E-state index contributed by atoms with van der Waals surface area (Å²) in [5.74, 6) is 0.0300. The Morgan fingerprint density at radius 1 is 1.07 bits per heavy atom. The molecule has 1 unspecified atom stereocenters. The van der Waals surface area contributed by atoms with Crippen molar-refractivity contribution in [1.82, 2.24) is 25.2 Å². The molecule has 2 amide bonds. The molecule has 29 heavy (non-hydrogen) atoms. The molecular weight excluding hydrogens is 366 g/mol. The number of carbonyl (C=O) groups excluding carboxylic acids is 2. The first-order chi connectivity index (χ1) is 14.2. The topological polar surface area (TPSA) is 80.1 Å². The van der Waals surface area contributed by atoms with Crippen LogP contribution in [0.3, 0.4) is 0 Å². The summed E-state index contributed by atoms with van der Waals surface area (Å²) in [6.07, 6.45) is 1.95. The Morgan fingerprint density at radius 2 is 1.83 bits per heavy atom. The number of amides is 2. The number of rotatable bonds is 4. The van der Waals surface area contributed by atoms with E-state index < -0.39 is 0 Å². The number of carbonyl (C=O) groups is 2. The zero-order chi connectivity index (χ0) is 19.8. The lowest BCUT2D eigenvalue weighted by Gasteiger charge is -2.41. The number of nitrogens with one attached hydrogen (secondary N) is 1. The van der Waals surface area contributed by atoms with Crippen molar-refractivity contribution in [3.8, 4) is 11.3 Å². The van der Waals surface area contributed by atoms with Crippen LogP contribution in [0.15, 0.2) is 60.8 Å². The van der Waals surface area contributed by atoms with E-state index >= 15 is 0 Å². The summed E-state index contributed by atoms with van der Waals surface area (Å²) >= 11 is 0. The van der Waals surface area contributed by atoms with Crippen LogP contribution in [0.2, 0.25) is 0 Å². The van der Waals surface area contributed by atoms with Crippen LogP contribution in [-0.4, -0.2) is 51.3 Å². The summed E-state index contributed by atoms with van der Waals surface area (Å²) in [5, 5.41) is 11.3. The van der Waals surface area contributed by atoms with E-state index in [1.165, 1.54) is 0 Å². The predicted octanol–water partition coefficient (Wildman–Crippen LogP) is 1.93. The van der Waals surface area contributed by atoms with E-state index in [1.807, 2.05) is 64.3 Å². The zero-order valence-corrected chi connectivity index (χ0v) is 15.9. The molecule has 2 aliphatic rings. The lowest BCUT2D eigenvalue weighted by atomic mass is 9.87. The van der Waals surface area contributed by atoms with Crippen LogP contribution >= 0.6 is 0 Å². The van der Waals surface area contributed by atoms with Crippen molar-refractivity contribution in [3.63, 3.8) is 0 Å². The van der Waals surface area contributed by atoms with Gasteiger partial charge in [0.2, 0.25) is 5.91 Å². The van der Waals surface area contributed by atoms with Gasteiger partial charge >= 0.3 is 0 Å². The molecule has 2 aliphatic heterocycles. The van der Waals surface area contributed by atoms with Gasteiger partial charge in [0, 0.05) is 43.2 Å². The SMILES string of the molecule is O=C1NCC(C(=O)N2CC(Cn3cc(-c4ccccc4)nn3)C2)c2ccccc21. The Balaban J connectivity index is 1.21. The number of hydrogen-bond acceptors (Lipinski definition) is 4. The Kier molecular flexibility index (Phi) is 4.35. The highest BCUT2D eigenvalue weighted by atomic mass is 16.2. The summed E-state index contributed by atoms with van der Waals surface area (Å²) in [4.78, 5) is 26.9. The predicted molar refractivity (Wildman–Crippen MR) is 107 cm³/mol. The fourth-order valence-electron chi connectivity index (χ4n) is 4.11. The molecule has 146 valence electrons. The molecular formula is C22H21N5O2. The molecule has 7 nitrogen and oxygen atoms in total. The summed E-state index contributed by atoms with van der Waals surface area (Å²) in [6.45, 7) is 2.50. The molecule has 0 saturated carbocycles. The number of nitrogens with zero attached hydrogens (tertiary/aromatic N) is 4. The first-order valence-electron chi connectivity index (χ1n) is 9.80. The van der Waals surface area contributed by atoms with Crippen molar-refractivity contribution in [3.05, 3.63) is 71.9 Å². The Morgan fingerprint density at radius 3 is 2.66 bits per heavy atom. The van der Waals surface area contributed by atoms with Gasteiger partial charge in [-0.25, -0.2) is 0 Å². The van der Waals surface area contributed by atoms with Gasteiger partial charge in [-0.3, -0.25) is 14.3 Å². The molecule has 1 saturated heterocycles. The minimum atomic E-state index is -0.305. The first-order valence-corrected chi connectivity index (χ1v) is 9.80. The van der Waals surface area contributed by atoms with Crippen LogP contribution in [-0.2, 0) is 11.3 Å². The molecule has 7 heteroatoms. The van der Waals surface area contributed by atoms with E-state index in [-0.39, 0.29) is 17.7 Å². The van der Waals surface area contributed by atoms with Gasteiger partial charge in [0.15, 0.2) is 0 Å². The smallest absolute Gasteiger partial charge is 0.251 e. The fraction of sp³-hybridized carbons (Fsp3) is 0.273. The van der Waals surface area contributed by atoms with Gasteiger partial charge in [0.25, 0.3) is 5.91 Å².